The molecule has 68 valence electrons. The van der Waals surface area contributed by atoms with Crippen LogP contribution in [0.4, 0.5) is 0 Å². The van der Waals surface area contributed by atoms with Crippen molar-refractivity contribution in [3.05, 3.63) is 36.0 Å². The Balaban J connectivity index is 2.37. The molecule has 0 bridgehead atoms. The predicted octanol–water partition coefficient (Wildman–Crippen LogP) is 2.80. The Morgan fingerprint density at radius 3 is 2.85 bits per heavy atom. The lowest BCUT2D eigenvalue weighted by Gasteiger charge is -2.24. The Labute approximate surface area is 78.8 Å². The van der Waals surface area contributed by atoms with Crippen LogP contribution in [0.5, 0.6) is 0 Å². The van der Waals surface area contributed by atoms with Gasteiger partial charge in [-0.2, -0.15) is 0 Å². The Hall–Kier alpha value is -1.11. The topological polar surface area (TPSA) is 17.1 Å². The molecular formula is C12H14O. The van der Waals surface area contributed by atoms with Crippen molar-refractivity contribution in [2.45, 2.75) is 26.2 Å². The van der Waals surface area contributed by atoms with Gasteiger partial charge in [-0.1, -0.05) is 29.9 Å². The molecule has 0 N–H and O–H groups in total. The number of ketones is 1. The first-order valence-electron chi connectivity index (χ1n) is 4.71. The number of hydrogen-bond donors (Lipinski definition) is 0. The van der Waals surface area contributed by atoms with Gasteiger partial charge in [0.15, 0.2) is 5.78 Å². The Bertz CT molecular complexity index is 333. The Kier molecular flexibility index (Phi) is 1.76. The molecule has 2 aliphatic carbocycles. The number of hydrogen-bond acceptors (Lipinski definition) is 1. The van der Waals surface area contributed by atoms with E-state index in [1.807, 2.05) is 13.0 Å². The summed E-state index contributed by atoms with van der Waals surface area (Å²) in [7, 11) is 0. The van der Waals surface area contributed by atoms with Gasteiger partial charge in [0.2, 0.25) is 0 Å². The minimum Gasteiger partial charge on any atom is -0.294 e. The van der Waals surface area contributed by atoms with Gasteiger partial charge in [-0.3, -0.25) is 4.79 Å². The van der Waals surface area contributed by atoms with Gasteiger partial charge in [0.05, 0.1) is 5.41 Å². The molecule has 0 saturated heterocycles. The largest absolute Gasteiger partial charge is 0.294 e. The van der Waals surface area contributed by atoms with E-state index in [0.29, 0.717) is 0 Å². The van der Waals surface area contributed by atoms with E-state index < -0.39 is 0 Å². The van der Waals surface area contributed by atoms with Crippen molar-refractivity contribution in [1.82, 2.24) is 0 Å². The van der Waals surface area contributed by atoms with Crippen molar-refractivity contribution >= 4 is 5.78 Å². The summed E-state index contributed by atoms with van der Waals surface area (Å²) in [4.78, 5) is 11.7. The van der Waals surface area contributed by atoms with E-state index in [1.54, 1.807) is 6.08 Å². The highest BCUT2D eigenvalue weighted by Crippen LogP contribution is 2.45. The molecule has 1 spiro atoms. The van der Waals surface area contributed by atoms with Crippen LogP contribution in [0.1, 0.15) is 26.2 Å². The molecule has 2 aliphatic rings. The Morgan fingerprint density at radius 2 is 2.23 bits per heavy atom. The minimum absolute atomic E-state index is 0.212. The van der Waals surface area contributed by atoms with E-state index in [4.69, 9.17) is 0 Å². The summed E-state index contributed by atoms with van der Waals surface area (Å²) in [5, 5.41) is 0. The molecule has 1 fully saturated rings. The molecule has 0 aromatic heterocycles. The first-order chi connectivity index (χ1) is 6.12. The van der Waals surface area contributed by atoms with Gasteiger partial charge in [0.1, 0.15) is 0 Å². The van der Waals surface area contributed by atoms with E-state index in [0.717, 1.165) is 19.3 Å². The standard InChI is InChI=1S/C12H14O/c1-9-3-4-11(13)12(7-9)6-5-10(2)8-12/h3-4,7H,2,5-6,8H2,1H3/t12-/m0/s1. The summed E-state index contributed by atoms with van der Waals surface area (Å²) in [6.45, 7) is 6.01. The molecule has 1 saturated carbocycles. The molecule has 1 nitrogen and oxygen atoms in total. The first kappa shape index (κ1) is 8.49. The van der Waals surface area contributed by atoms with Crippen LogP contribution in [0.3, 0.4) is 0 Å². The maximum Gasteiger partial charge on any atom is 0.165 e. The molecule has 1 atom stereocenters. The third-order valence-electron chi connectivity index (χ3n) is 2.98. The van der Waals surface area contributed by atoms with Crippen LogP contribution in [0.25, 0.3) is 0 Å². The van der Waals surface area contributed by atoms with E-state index >= 15 is 0 Å². The Morgan fingerprint density at radius 1 is 1.46 bits per heavy atom. The van der Waals surface area contributed by atoms with E-state index in [2.05, 4.69) is 12.7 Å². The third kappa shape index (κ3) is 1.28. The quantitative estimate of drug-likeness (QED) is 0.516. The number of carbonyl (C=O) groups excluding carboxylic acids is 1. The molecule has 2 rings (SSSR count). The lowest BCUT2D eigenvalue weighted by atomic mass is 9.77. The van der Waals surface area contributed by atoms with Crippen LogP contribution < -0.4 is 0 Å². The molecule has 0 aromatic rings. The molecule has 0 heterocycles. The first-order valence-corrected chi connectivity index (χ1v) is 4.71. The van der Waals surface area contributed by atoms with Gasteiger partial charge >= 0.3 is 0 Å². The average molecular weight is 174 g/mol. The fourth-order valence-electron chi connectivity index (χ4n) is 2.28. The molecular weight excluding hydrogens is 160 g/mol. The highest BCUT2D eigenvalue weighted by atomic mass is 16.1. The lowest BCUT2D eigenvalue weighted by Crippen LogP contribution is -2.26. The number of carbonyl (C=O) groups is 1. The van der Waals surface area contributed by atoms with Crippen LogP contribution in [0.2, 0.25) is 0 Å². The van der Waals surface area contributed by atoms with Gasteiger partial charge in [-0.15, -0.1) is 0 Å². The van der Waals surface area contributed by atoms with Crippen molar-refractivity contribution in [2.75, 3.05) is 0 Å². The van der Waals surface area contributed by atoms with Gasteiger partial charge in [-0.05, 0) is 32.3 Å². The molecule has 0 aromatic carbocycles. The van der Waals surface area contributed by atoms with E-state index in [-0.39, 0.29) is 11.2 Å². The zero-order valence-corrected chi connectivity index (χ0v) is 7.97. The second-order valence-electron chi connectivity index (χ2n) is 4.17. The summed E-state index contributed by atoms with van der Waals surface area (Å²) in [6, 6.07) is 0. The zero-order valence-electron chi connectivity index (χ0n) is 7.97. The van der Waals surface area contributed by atoms with Gasteiger partial charge in [0, 0.05) is 0 Å². The molecule has 0 amide bonds. The number of allylic oxidation sites excluding steroid dienone is 5. The minimum atomic E-state index is -0.212. The SMILES string of the molecule is C=C1CC[C@]2(C=C(C)C=CC2=O)C1. The third-order valence-corrected chi connectivity index (χ3v) is 2.98. The highest BCUT2D eigenvalue weighted by Gasteiger charge is 2.40. The van der Waals surface area contributed by atoms with Crippen molar-refractivity contribution in [3.63, 3.8) is 0 Å². The van der Waals surface area contributed by atoms with Crippen LogP contribution >= 0.6 is 0 Å². The van der Waals surface area contributed by atoms with Gasteiger partial charge < -0.3 is 0 Å². The van der Waals surface area contributed by atoms with Crippen LogP contribution in [-0.4, -0.2) is 5.78 Å². The molecule has 13 heavy (non-hydrogen) atoms. The van der Waals surface area contributed by atoms with E-state index in [9.17, 15) is 4.79 Å². The lowest BCUT2D eigenvalue weighted by molar-refractivity contribution is -0.121. The van der Waals surface area contributed by atoms with Gasteiger partial charge in [0.25, 0.3) is 0 Å². The average Bonchev–Trinajstić information content (AvgIpc) is 2.42. The summed E-state index contributed by atoms with van der Waals surface area (Å²) < 4.78 is 0. The smallest absolute Gasteiger partial charge is 0.165 e. The zero-order chi connectivity index (χ0) is 9.47. The van der Waals surface area contributed by atoms with Crippen molar-refractivity contribution in [1.29, 1.82) is 0 Å². The molecule has 1 heteroatoms. The van der Waals surface area contributed by atoms with Crippen LogP contribution in [0.15, 0.2) is 36.0 Å². The summed E-state index contributed by atoms with van der Waals surface area (Å²) in [5.74, 6) is 0.261. The maximum absolute atomic E-state index is 11.7. The maximum atomic E-state index is 11.7. The second kappa shape index (κ2) is 2.69. The fraction of sp³-hybridized carbons (Fsp3) is 0.417. The second-order valence-corrected chi connectivity index (χ2v) is 4.17. The molecule has 0 unspecified atom stereocenters. The molecule has 0 aliphatic heterocycles. The highest BCUT2D eigenvalue weighted by molar-refractivity contribution is 5.98. The van der Waals surface area contributed by atoms with Crippen LogP contribution in [-0.2, 0) is 4.79 Å². The number of rotatable bonds is 0. The van der Waals surface area contributed by atoms with Crippen molar-refractivity contribution in [3.8, 4) is 0 Å². The summed E-state index contributed by atoms with van der Waals surface area (Å²) in [6.07, 6.45) is 8.54. The van der Waals surface area contributed by atoms with Crippen molar-refractivity contribution in [2.24, 2.45) is 5.41 Å². The molecule has 0 radical (unpaired) electrons. The van der Waals surface area contributed by atoms with E-state index in [1.165, 1.54) is 11.1 Å². The predicted molar refractivity (Wildman–Crippen MR) is 53.3 cm³/mol. The summed E-state index contributed by atoms with van der Waals surface area (Å²) >= 11 is 0. The fourth-order valence-corrected chi connectivity index (χ4v) is 2.28. The normalized spacial score (nSPS) is 32.8. The van der Waals surface area contributed by atoms with Crippen LogP contribution in [0, 0.1) is 5.41 Å². The summed E-state index contributed by atoms with van der Waals surface area (Å²) in [5.41, 5.74) is 2.21. The van der Waals surface area contributed by atoms with Gasteiger partial charge in [-0.25, -0.2) is 0 Å². The monoisotopic (exact) mass is 174 g/mol. The van der Waals surface area contributed by atoms with Crippen molar-refractivity contribution < 1.29 is 4.79 Å².